The Morgan fingerprint density at radius 3 is 1.59 bits per heavy atom. The molecular formula is C31H61NO5. The molecule has 6 nitrogen and oxygen atoms in total. The van der Waals surface area contributed by atoms with Crippen LogP contribution in [0.5, 0.6) is 0 Å². The lowest BCUT2D eigenvalue weighted by Gasteiger charge is -2.27. The first-order valence-electron chi connectivity index (χ1n) is 15.6. The molecule has 0 aliphatic rings. The summed E-state index contributed by atoms with van der Waals surface area (Å²) >= 11 is 0. The van der Waals surface area contributed by atoms with Crippen molar-refractivity contribution in [3.8, 4) is 0 Å². The highest BCUT2D eigenvalue weighted by Crippen LogP contribution is 2.13. The van der Waals surface area contributed by atoms with Crippen LogP contribution in [-0.4, -0.2) is 57.3 Å². The second-order valence-electron chi connectivity index (χ2n) is 10.8. The van der Waals surface area contributed by atoms with Crippen LogP contribution in [0.15, 0.2) is 12.2 Å². The summed E-state index contributed by atoms with van der Waals surface area (Å²) in [7, 11) is 0. The molecule has 0 aliphatic heterocycles. The molecule has 5 N–H and O–H groups in total. The summed E-state index contributed by atoms with van der Waals surface area (Å²) in [4.78, 5) is 12.2. The summed E-state index contributed by atoms with van der Waals surface area (Å²) in [5.74, 6) is -0.599. The summed E-state index contributed by atoms with van der Waals surface area (Å²) in [6, 6.07) is -0.979. The largest absolute Gasteiger partial charge is 0.394 e. The van der Waals surface area contributed by atoms with Gasteiger partial charge in [0, 0.05) is 0 Å². The predicted octanol–water partition coefficient (Wildman–Crippen LogP) is 6.33. The van der Waals surface area contributed by atoms with Crippen molar-refractivity contribution in [1.82, 2.24) is 5.32 Å². The smallest absolute Gasteiger partial charge is 0.249 e. The Morgan fingerprint density at radius 1 is 0.649 bits per heavy atom. The van der Waals surface area contributed by atoms with Gasteiger partial charge < -0.3 is 25.7 Å². The van der Waals surface area contributed by atoms with E-state index in [2.05, 4.69) is 31.3 Å². The van der Waals surface area contributed by atoms with Crippen LogP contribution in [0.3, 0.4) is 0 Å². The Morgan fingerprint density at radius 2 is 1.08 bits per heavy atom. The maximum atomic E-state index is 12.2. The molecule has 6 heteroatoms. The van der Waals surface area contributed by atoms with Crippen molar-refractivity contribution < 1.29 is 25.2 Å². The highest BCUT2D eigenvalue weighted by atomic mass is 16.3. The van der Waals surface area contributed by atoms with Crippen LogP contribution >= 0.6 is 0 Å². The van der Waals surface area contributed by atoms with Crippen molar-refractivity contribution in [3.05, 3.63) is 12.2 Å². The summed E-state index contributed by atoms with van der Waals surface area (Å²) < 4.78 is 0. The first-order valence-corrected chi connectivity index (χ1v) is 15.6. The molecule has 0 bridgehead atoms. The number of amides is 1. The van der Waals surface area contributed by atoms with Crippen molar-refractivity contribution in [2.45, 2.75) is 173 Å². The third-order valence-electron chi connectivity index (χ3n) is 7.23. The van der Waals surface area contributed by atoms with Crippen LogP contribution in [-0.2, 0) is 4.79 Å². The molecule has 0 aromatic rings. The van der Waals surface area contributed by atoms with Gasteiger partial charge in [0.1, 0.15) is 12.2 Å². The SMILES string of the molecule is CCCCCCCCCC/C=C\CCCCCCCCC(O)C(=O)NC(CO)C(O)C(O)CCCCC. The van der Waals surface area contributed by atoms with Gasteiger partial charge in [0.2, 0.25) is 5.91 Å². The molecule has 0 aromatic heterocycles. The quantitative estimate of drug-likeness (QED) is 0.0633. The molecule has 0 rings (SSSR count). The van der Waals surface area contributed by atoms with Crippen molar-refractivity contribution in [2.24, 2.45) is 0 Å². The first-order chi connectivity index (χ1) is 18.0. The van der Waals surface area contributed by atoms with Gasteiger partial charge in [-0.25, -0.2) is 0 Å². The molecule has 0 aliphatic carbocycles. The molecule has 37 heavy (non-hydrogen) atoms. The fraction of sp³-hybridized carbons (Fsp3) is 0.903. The Kier molecular flexibility index (Phi) is 26.0. The number of carbonyl (C=O) groups excluding carboxylic acids is 1. The van der Waals surface area contributed by atoms with Crippen LogP contribution in [0.4, 0.5) is 0 Å². The van der Waals surface area contributed by atoms with E-state index >= 15 is 0 Å². The van der Waals surface area contributed by atoms with E-state index in [0.717, 1.165) is 44.9 Å². The van der Waals surface area contributed by atoms with Gasteiger partial charge in [-0.1, -0.05) is 122 Å². The number of carbonyl (C=O) groups is 1. The van der Waals surface area contributed by atoms with E-state index in [-0.39, 0.29) is 0 Å². The van der Waals surface area contributed by atoms with Gasteiger partial charge in [-0.2, -0.15) is 0 Å². The van der Waals surface area contributed by atoms with Crippen molar-refractivity contribution >= 4 is 5.91 Å². The molecule has 0 radical (unpaired) electrons. The Hall–Kier alpha value is -0.950. The van der Waals surface area contributed by atoms with Crippen LogP contribution in [0, 0.1) is 0 Å². The van der Waals surface area contributed by atoms with E-state index in [4.69, 9.17) is 0 Å². The number of aliphatic hydroxyl groups excluding tert-OH is 4. The maximum absolute atomic E-state index is 12.2. The lowest BCUT2D eigenvalue weighted by atomic mass is 10.00. The third kappa shape index (κ3) is 21.7. The minimum absolute atomic E-state index is 0.362. The monoisotopic (exact) mass is 527 g/mol. The van der Waals surface area contributed by atoms with E-state index < -0.39 is 36.9 Å². The van der Waals surface area contributed by atoms with Gasteiger partial charge in [-0.3, -0.25) is 4.79 Å². The van der Waals surface area contributed by atoms with E-state index in [1.807, 2.05) is 0 Å². The molecule has 220 valence electrons. The lowest BCUT2D eigenvalue weighted by Crippen LogP contribution is -2.53. The topological polar surface area (TPSA) is 110 Å². The molecule has 0 spiro atoms. The fourth-order valence-electron chi connectivity index (χ4n) is 4.63. The number of hydrogen-bond donors (Lipinski definition) is 5. The Balaban J connectivity index is 3.71. The van der Waals surface area contributed by atoms with Crippen molar-refractivity contribution in [1.29, 1.82) is 0 Å². The Bertz CT molecular complexity index is 528. The van der Waals surface area contributed by atoms with Crippen molar-refractivity contribution in [3.63, 3.8) is 0 Å². The molecule has 0 fully saturated rings. The molecular weight excluding hydrogens is 466 g/mol. The summed E-state index contributed by atoms with van der Waals surface area (Å²) in [6.45, 7) is 3.83. The molecule has 0 aromatic carbocycles. The number of nitrogens with one attached hydrogen (secondary N) is 1. The van der Waals surface area contributed by atoms with Gasteiger partial charge in [0.25, 0.3) is 0 Å². The lowest BCUT2D eigenvalue weighted by molar-refractivity contribution is -0.132. The van der Waals surface area contributed by atoms with Crippen LogP contribution in [0.25, 0.3) is 0 Å². The Labute approximate surface area is 228 Å². The highest BCUT2D eigenvalue weighted by molar-refractivity contribution is 5.80. The van der Waals surface area contributed by atoms with Crippen LogP contribution < -0.4 is 5.32 Å². The molecule has 4 atom stereocenters. The first kappa shape index (κ1) is 36.0. The normalized spacial score (nSPS) is 15.1. The van der Waals surface area contributed by atoms with E-state index in [0.29, 0.717) is 12.8 Å². The van der Waals surface area contributed by atoms with Gasteiger partial charge >= 0.3 is 0 Å². The van der Waals surface area contributed by atoms with E-state index in [1.165, 1.54) is 77.0 Å². The van der Waals surface area contributed by atoms with Gasteiger partial charge in [0.15, 0.2) is 0 Å². The second kappa shape index (κ2) is 26.6. The molecule has 0 heterocycles. The van der Waals surface area contributed by atoms with Crippen LogP contribution in [0.2, 0.25) is 0 Å². The fourth-order valence-corrected chi connectivity index (χ4v) is 4.63. The number of hydrogen-bond acceptors (Lipinski definition) is 5. The minimum Gasteiger partial charge on any atom is -0.394 e. The summed E-state index contributed by atoms with van der Waals surface area (Å²) in [5, 5.41) is 42.5. The number of allylic oxidation sites excluding steroid dienone is 2. The maximum Gasteiger partial charge on any atom is 0.249 e. The standard InChI is InChI=1S/C31H61NO5/c1-3-5-7-8-9-10-11-12-13-14-15-16-17-18-19-20-21-23-25-29(35)31(37)32-27(26-33)30(36)28(34)24-22-6-4-2/h14-15,27-30,33-36H,3-13,16-26H2,1-2H3,(H,32,37)/b15-14-. The van der Waals surface area contributed by atoms with Gasteiger partial charge in [-0.05, 0) is 38.5 Å². The summed E-state index contributed by atoms with van der Waals surface area (Å²) in [5.41, 5.74) is 0. The van der Waals surface area contributed by atoms with Crippen molar-refractivity contribution in [2.75, 3.05) is 6.61 Å². The second-order valence-corrected chi connectivity index (χ2v) is 10.8. The zero-order valence-corrected chi connectivity index (χ0v) is 24.2. The summed E-state index contributed by atoms with van der Waals surface area (Å²) in [6.07, 6.45) is 24.5. The number of aliphatic hydroxyl groups is 4. The van der Waals surface area contributed by atoms with Gasteiger partial charge in [-0.15, -0.1) is 0 Å². The zero-order valence-electron chi connectivity index (χ0n) is 24.2. The van der Waals surface area contributed by atoms with Gasteiger partial charge in [0.05, 0.1) is 18.8 Å². The number of rotatable bonds is 27. The van der Waals surface area contributed by atoms with E-state index in [9.17, 15) is 25.2 Å². The molecule has 1 amide bonds. The van der Waals surface area contributed by atoms with E-state index in [1.54, 1.807) is 0 Å². The average Bonchev–Trinajstić information content (AvgIpc) is 2.90. The van der Waals surface area contributed by atoms with Crippen LogP contribution in [0.1, 0.15) is 149 Å². The molecule has 0 saturated carbocycles. The molecule has 0 saturated heterocycles. The molecule has 4 unspecified atom stereocenters. The predicted molar refractivity (Wildman–Crippen MR) is 154 cm³/mol. The zero-order chi connectivity index (χ0) is 27.6. The highest BCUT2D eigenvalue weighted by Gasteiger charge is 2.28. The average molecular weight is 528 g/mol. The third-order valence-corrected chi connectivity index (χ3v) is 7.23. The minimum atomic E-state index is -1.25. The number of unbranched alkanes of at least 4 members (excludes halogenated alkanes) is 16.